The van der Waals surface area contributed by atoms with Crippen LogP contribution in [0.3, 0.4) is 0 Å². The Kier molecular flexibility index (Phi) is 4.59. The molecule has 2 aromatic rings. The van der Waals surface area contributed by atoms with Crippen molar-refractivity contribution in [3.05, 3.63) is 65.2 Å². The molecule has 4 nitrogen and oxygen atoms in total. The lowest BCUT2D eigenvalue weighted by molar-refractivity contribution is -0.142. The van der Waals surface area contributed by atoms with Gasteiger partial charge < -0.3 is 9.64 Å². The van der Waals surface area contributed by atoms with Gasteiger partial charge >= 0.3 is 0 Å². The van der Waals surface area contributed by atoms with Crippen LogP contribution in [0.5, 0.6) is 5.75 Å². The summed E-state index contributed by atoms with van der Waals surface area (Å²) in [5.41, 5.74) is 3.63. The molecule has 0 unspecified atom stereocenters. The van der Waals surface area contributed by atoms with Crippen molar-refractivity contribution < 1.29 is 9.53 Å². The van der Waals surface area contributed by atoms with E-state index >= 15 is 0 Å². The summed E-state index contributed by atoms with van der Waals surface area (Å²) in [5.74, 6) is 1.39. The molecular weight excluding hydrogens is 348 g/mol. The number of amides is 1. The monoisotopic (exact) mass is 376 g/mol. The van der Waals surface area contributed by atoms with Crippen molar-refractivity contribution in [2.75, 3.05) is 32.8 Å². The van der Waals surface area contributed by atoms with E-state index in [2.05, 4.69) is 52.3 Å². The predicted octanol–water partition coefficient (Wildman–Crippen LogP) is 3.39. The summed E-state index contributed by atoms with van der Waals surface area (Å²) >= 11 is 0. The molecule has 2 aliphatic heterocycles. The van der Waals surface area contributed by atoms with Gasteiger partial charge in [-0.2, -0.15) is 0 Å². The quantitative estimate of drug-likeness (QED) is 0.820. The molecular formula is C24H28N2O2. The van der Waals surface area contributed by atoms with Gasteiger partial charge in [-0.15, -0.1) is 0 Å². The van der Waals surface area contributed by atoms with E-state index in [9.17, 15) is 4.79 Å². The molecule has 0 atom stereocenters. The van der Waals surface area contributed by atoms with Crippen molar-refractivity contribution in [3.63, 3.8) is 0 Å². The van der Waals surface area contributed by atoms with Crippen molar-refractivity contribution in [2.45, 2.75) is 37.6 Å². The van der Waals surface area contributed by atoms with Crippen LogP contribution < -0.4 is 4.74 Å². The minimum atomic E-state index is -0.261. The number of piperazine rings is 1. The molecule has 1 aliphatic carbocycles. The molecule has 0 N–H and O–H groups in total. The highest BCUT2D eigenvalue weighted by atomic mass is 16.5. The summed E-state index contributed by atoms with van der Waals surface area (Å²) in [6.07, 6.45) is 4.16. The maximum atomic E-state index is 13.4. The van der Waals surface area contributed by atoms with E-state index in [1.807, 2.05) is 6.07 Å². The van der Waals surface area contributed by atoms with Crippen LogP contribution in [-0.4, -0.2) is 48.5 Å². The third-order valence-corrected chi connectivity index (χ3v) is 6.76. The molecule has 5 rings (SSSR count). The van der Waals surface area contributed by atoms with Crippen LogP contribution in [0.1, 0.15) is 36.0 Å². The number of ether oxygens (including phenoxy) is 1. The standard InChI is InChI=1S/C24H28N2O2/c27-23(24(10-4-11-24)21-5-2-1-3-6-21)26-14-12-25(13-15-26)18-19-7-8-22-20(17-19)9-16-28-22/h1-3,5-8,17H,4,9-16,18H2. The van der Waals surface area contributed by atoms with Crippen molar-refractivity contribution in [1.82, 2.24) is 9.80 Å². The van der Waals surface area contributed by atoms with Gasteiger partial charge in [-0.3, -0.25) is 9.69 Å². The Hall–Kier alpha value is -2.33. The van der Waals surface area contributed by atoms with E-state index in [0.717, 1.165) is 70.8 Å². The maximum absolute atomic E-state index is 13.4. The first-order chi connectivity index (χ1) is 13.7. The molecule has 0 bridgehead atoms. The molecule has 28 heavy (non-hydrogen) atoms. The van der Waals surface area contributed by atoms with E-state index in [1.165, 1.54) is 16.7 Å². The number of benzene rings is 2. The fraction of sp³-hybridized carbons (Fsp3) is 0.458. The Morgan fingerprint density at radius 1 is 1.00 bits per heavy atom. The fourth-order valence-corrected chi connectivity index (χ4v) is 4.92. The SMILES string of the molecule is O=C(N1CCN(Cc2ccc3c(c2)CCO3)CC1)C1(c2ccccc2)CCC1. The second-order valence-electron chi connectivity index (χ2n) is 8.41. The van der Waals surface area contributed by atoms with Gasteiger partial charge in [-0.25, -0.2) is 0 Å². The largest absolute Gasteiger partial charge is 0.493 e. The zero-order valence-electron chi connectivity index (χ0n) is 16.4. The van der Waals surface area contributed by atoms with Gasteiger partial charge in [0.15, 0.2) is 0 Å². The molecule has 2 fully saturated rings. The average Bonchev–Trinajstić information content (AvgIpc) is 3.16. The molecule has 146 valence electrons. The molecule has 0 aromatic heterocycles. The smallest absolute Gasteiger partial charge is 0.233 e. The van der Waals surface area contributed by atoms with E-state index in [0.29, 0.717) is 5.91 Å². The topological polar surface area (TPSA) is 32.8 Å². The molecule has 3 aliphatic rings. The second-order valence-corrected chi connectivity index (χ2v) is 8.41. The number of carbonyl (C=O) groups is 1. The molecule has 1 saturated carbocycles. The molecule has 0 spiro atoms. The van der Waals surface area contributed by atoms with Crippen molar-refractivity contribution in [2.24, 2.45) is 0 Å². The lowest BCUT2D eigenvalue weighted by atomic mass is 9.63. The summed E-state index contributed by atoms with van der Waals surface area (Å²) < 4.78 is 5.61. The van der Waals surface area contributed by atoms with Gasteiger partial charge in [0.25, 0.3) is 0 Å². The van der Waals surface area contributed by atoms with Crippen LogP contribution in [-0.2, 0) is 23.2 Å². The highest BCUT2D eigenvalue weighted by Gasteiger charge is 2.47. The molecule has 1 saturated heterocycles. The minimum absolute atomic E-state index is 0.261. The Labute approximate surface area is 167 Å². The van der Waals surface area contributed by atoms with Gasteiger partial charge in [0.1, 0.15) is 5.75 Å². The van der Waals surface area contributed by atoms with Crippen LogP contribution in [0, 0.1) is 0 Å². The molecule has 1 amide bonds. The van der Waals surface area contributed by atoms with Gasteiger partial charge in [-0.05, 0) is 35.6 Å². The lowest BCUT2D eigenvalue weighted by Crippen LogP contribution is -2.56. The Balaban J connectivity index is 1.22. The van der Waals surface area contributed by atoms with Crippen LogP contribution in [0.2, 0.25) is 0 Å². The maximum Gasteiger partial charge on any atom is 0.233 e. The highest BCUT2D eigenvalue weighted by molar-refractivity contribution is 5.89. The number of carbonyl (C=O) groups excluding carboxylic acids is 1. The zero-order valence-corrected chi connectivity index (χ0v) is 16.4. The number of fused-ring (bicyclic) bond motifs is 1. The van der Waals surface area contributed by atoms with Crippen LogP contribution in [0.25, 0.3) is 0 Å². The minimum Gasteiger partial charge on any atom is -0.493 e. The van der Waals surface area contributed by atoms with Crippen LogP contribution in [0.4, 0.5) is 0 Å². The molecule has 2 heterocycles. The Morgan fingerprint density at radius 3 is 2.50 bits per heavy atom. The van der Waals surface area contributed by atoms with Crippen molar-refractivity contribution >= 4 is 5.91 Å². The summed E-state index contributed by atoms with van der Waals surface area (Å²) in [7, 11) is 0. The molecule has 4 heteroatoms. The number of nitrogens with zero attached hydrogens (tertiary/aromatic N) is 2. The summed E-state index contributed by atoms with van der Waals surface area (Å²) in [6, 6.07) is 17.0. The van der Waals surface area contributed by atoms with Crippen molar-refractivity contribution in [3.8, 4) is 5.75 Å². The van der Waals surface area contributed by atoms with Gasteiger partial charge in [-0.1, -0.05) is 48.9 Å². The first kappa shape index (κ1) is 17.7. The fourth-order valence-electron chi connectivity index (χ4n) is 4.92. The average molecular weight is 377 g/mol. The lowest BCUT2D eigenvalue weighted by Gasteiger charge is -2.46. The normalized spacial score (nSPS) is 20.9. The third-order valence-electron chi connectivity index (χ3n) is 6.76. The Bertz CT molecular complexity index is 852. The van der Waals surface area contributed by atoms with Crippen molar-refractivity contribution in [1.29, 1.82) is 0 Å². The molecule has 2 aromatic carbocycles. The summed E-state index contributed by atoms with van der Waals surface area (Å²) in [5, 5.41) is 0. The number of hydrogen-bond acceptors (Lipinski definition) is 3. The van der Waals surface area contributed by atoms with Gasteiger partial charge in [0, 0.05) is 39.1 Å². The van der Waals surface area contributed by atoms with Gasteiger partial charge in [0.05, 0.1) is 12.0 Å². The van der Waals surface area contributed by atoms with Crippen LogP contribution >= 0.6 is 0 Å². The first-order valence-corrected chi connectivity index (χ1v) is 10.6. The van der Waals surface area contributed by atoms with Crippen LogP contribution in [0.15, 0.2) is 48.5 Å². The number of rotatable bonds is 4. The Morgan fingerprint density at radius 2 is 1.79 bits per heavy atom. The zero-order chi connectivity index (χ0) is 19.0. The van der Waals surface area contributed by atoms with E-state index in [-0.39, 0.29) is 5.41 Å². The van der Waals surface area contributed by atoms with E-state index in [4.69, 9.17) is 4.74 Å². The van der Waals surface area contributed by atoms with E-state index < -0.39 is 0 Å². The van der Waals surface area contributed by atoms with E-state index in [1.54, 1.807) is 0 Å². The highest BCUT2D eigenvalue weighted by Crippen LogP contribution is 2.45. The second kappa shape index (κ2) is 7.25. The summed E-state index contributed by atoms with van der Waals surface area (Å²) in [4.78, 5) is 18.0. The third kappa shape index (κ3) is 3.10. The molecule has 0 radical (unpaired) electrons. The van der Waals surface area contributed by atoms with Gasteiger partial charge in [0.2, 0.25) is 5.91 Å². The number of hydrogen-bond donors (Lipinski definition) is 0. The summed E-state index contributed by atoms with van der Waals surface area (Å²) in [6.45, 7) is 5.33. The first-order valence-electron chi connectivity index (χ1n) is 10.6. The predicted molar refractivity (Wildman–Crippen MR) is 109 cm³/mol.